The smallest absolute Gasteiger partial charge is 0.276 e. The molecule has 1 aliphatic heterocycles. The molecule has 0 aliphatic carbocycles. The van der Waals surface area contributed by atoms with E-state index in [9.17, 15) is 4.79 Å². The van der Waals surface area contributed by atoms with Gasteiger partial charge in [0.15, 0.2) is 5.11 Å². The average Bonchev–Trinajstić information content (AvgIpc) is 3.21. The van der Waals surface area contributed by atoms with Crippen LogP contribution in [0.4, 0.5) is 0 Å². The molecule has 1 fully saturated rings. The van der Waals surface area contributed by atoms with Crippen LogP contribution in [0, 0.1) is 0 Å². The summed E-state index contributed by atoms with van der Waals surface area (Å²) in [5, 5.41) is 1.58. The zero-order valence-corrected chi connectivity index (χ0v) is 19.6. The van der Waals surface area contributed by atoms with Gasteiger partial charge in [-0.1, -0.05) is 18.2 Å². The minimum Gasteiger partial charge on any atom is -0.492 e. The van der Waals surface area contributed by atoms with Gasteiger partial charge in [-0.05, 0) is 62.5 Å². The molecule has 4 rings (SSSR count). The first-order chi connectivity index (χ1) is 15.3. The molecule has 166 valence electrons. The van der Waals surface area contributed by atoms with E-state index in [-0.39, 0.29) is 12.0 Å². The summed E-state index contributed by atoms with van der Waals surface area (Å²) < 4.78 is 13.8. The monoisotopic (exact) mass is 449 g/mol. The van der Waals surface area contributed by atoms with Gasteiger partial charge in [0.25, 0.3) is 5.91 Å². The molecule has 2 heterocycles. The van der Waals surface area contributed by atoms with Crippen molar-refractivity contribution < 1.29 is 14.3 Å². The Morgan fingerprint density at radius 1 is 1.00 bits per heavy atom. The Morgan fingerprint density at radius 3 is 2.34 bits per heavy atom. The summed E-state index contributed by atoms with van der Waals surface area (Å²) in [5.74, 6) is 1.54. The summed E-state index contributed by atoms with van der Waals surface area (Å²) >= 11 is 5.33. The third-order valence-corrected chi connectivity index (χ3v) is 5.91. The number of amides is 1. The zero-order chi connectivity index (χ0) is 22.8. The lowest BCUT2D eigenvalue weighted by atomic mass is 10.1. The van der Waals surface area contributed by atoms with Gasteiger partial charge >= 0.3 is 0 Å². The number of likely N-dealkylation sites (N-methyl/N-ethyl adjacent to an activating group) is 2. The second-order valence-electron chi connectivity index (χ2n) is 8.02. The lowest BCUT2D eigenvalue weighted by Crippen LogP contribution is -2.26. The standard InChI is InChI=1S/C25H27N3O3S/c1-17(2)31-20-11-9-19(10-12-20)30-14-13-28-16-18(21-7-5-6-8-22(21)28)15-23-24(29)27(4)25(32)26(23)3/h5-12,15-17H,13-14H2,1-4H3/b23-15-. The summed E-state index contributed by atoms with van der Waals surface area (Å²) in [6, 6.07) is 15.8. The third kappa shape index (κ3) is 4.34. The number of hydrogen-bond donors (Lipinski definition) is 0. The highest BCUT2D eigenvalue weighted by molar-refractivity contribution is 7.80. The molecule has 6 nitrogen and oxygen atoms in total. The van der Waals surface area contributed by atoms with Crippen molar-refractivity contribution >= 4 is 40.2 Å². The Labute approximate surface area is 193 Å². The molecule has 2 aromatic carbocycles. The predicted octanol–water partition coefficient (Wildman–Crippen LogP) is 4.54. The van der Waals surface area contributed by atoms with Crippen LogP contribution in [0.25, 0.3) is 17.0 Å². The van der Waals surface area contributed by atoms with Gasteiger partial charge < -0.3 is 18.9 Å². The van der Waals surface area contributed by atoms with Gasteiger partial charge in [0.05, 0.1) is 12.6 Å². The molecule has 0 radical (unpaired) electrons. The van der Waals surface area contributed by atoms with E-state index in [1.807, 2.05) is 63.4 Å². The van der Waals surface area contributed by atoms with Gasteiger partial charge in [0, 0.05) is 36.8 Å². The van der Waals surface area contributed by atoms with Crippen molar-refractivity contribution in [3.05, 3.63) is 66.0 Å². The third-order valence-electron chi connectivity index (χ3n) is 5.37. The van der Waals surface area contributed by atoms with Gasteiger partial charge in [-0.2, -0.15) is 0 Å². The van der Waals surface area contributed by atoms with Crippen LogP contribution >= 0.6 is 12.2 Å². The Morgan fingerprint density at radius 2 is 1.69 bits per heavy atom. The van der Waals surface area contributed by atoms with Gasteiger partial charge in [-0.25, -0.2) is 0 Å². The first-order valence-corrected chi connectivity index (χ1v) is 11.0. The Hall–Kier alpha value is -3.32. The number of aromatic nitrogens is 1. The second kappa shape index (κ2) is 9.04. The van der Waals surface area contributed by atoms with Crippen molar-refractivity contribution in [3.8, 4) is 11.5 Å². The highest BCUT2D eigenvalue weighted by Gasteiger charge is 2.32. The molecule has 0 unspecified atom stereocenters. The summed E-state index contributed by atoms with van der Waals surface area (Å²) in [4.78, 5) is 15.8. The molecule has 1 saturated heterocycles. The minimum atomic E-state index is -0.0949. The maximum Gasteiger partial charge on any atom is 0.276 e. The fourth-order valence-electron chi connectivity index (χ4n) is 3.76. The van der Waals surface area contributed by atoms with Crippen LogP contribution in [0.5, 0.6) is 11.5 Å². The lowest BCUT2D eigenvalue weighted by molar-refractivity contribution is -0.121. The number of nitrogens with zero attached hydrogens (tertiary/aromatic N) is 3. The molecule has 7 heteroatoms. The Balaban J connectivity index is 1.51. The predicted molar refractivity (Wildman–Crippen MR) is 131 cm³/mol. The van der Waals surface area contributed by atoms with Gasteiger partial charge in [0.2, 0.25) is 0 Å². The van der Waals surface area contributed by atoms with Crippen molar-refractivity contribution in [1.82, 2.24) is 14.4 Å². The molecule has 0 N–H and O–H groups in total. The van der Waals surface area contributed by atoms with Crippen LogP contribution in [-0.4, -0.2) is 52.2 Å². The van der Waals surface area contributed by atoms with E-state index < -0.39 is 0 Å². The molecule has 32 heavy (non-hydrogen) atoms. The molecule has 1 aromatic heterocycles. The van der Waals surface area contributed by atoms with Crippen LogP contribution in [0.1, 0.15) is 19.4 Å². The molecular formula is C25H27N3O3S. The quantitative estimate of drug-likeness (QED) is 0.392. The fourth-order valence-corrected chi connectivity index (χ4v) is 3.94. The first-order valence-electron chi connectivity index (χ1n) is 10.6. The SMILES string of the molecule is CC(C)Oc1ccc(OCCn2cc(/C=C3/C(=O)N(C)C(=S)N3C)c3ccccc32)cc1. The summed E-state index contributed by atoms with van der Waals surface area (Å²) in [6.45, 7) is 5.20. The van der Waals surface area contributed by atoms with Crippen molar-refractivity contribution in [2.45, 2.75) is 26.5 Å². The molecule has 0 atom stereocenters. The van der Waals surface area contributed by atoms with E-state index in [0.29, 0.717) is 24.0 Å². The Bertz CT molecular complexity index is 1180. The number of fused-ring (bicyclic) bond motifs is 1. The first kappa shape index (κ1) is 21.9. The molecule has 1 aliphatic rings. The highest BCUT2D eigenvalue weighted by Crippen LogP contribution is 2.27. The number of rotatable bonds is 7. The number of carbonyl (C=O) groups is 1. The van der Waals surface area contributed by atoms with Gasteiger partial charge in [-0.15, -0.1) is 0 Å². The maximum atomic E-state index is 12.6. The van der Waals surface area contributed by atoms with Gasteiger partial charge in [-0.3, -0.25) is 9.69 Å². The number of ether oxygens (including phenoxy) is 2. The van der Waals surface area contributed by atoms with Crippen LogP contribution < -0.4 is 9.47 Å². The summed E-state index contributed by atoms with van der Waals surface area (Å²) in [5.41, 5.74) is 2.64. The topological polar surface area (TPSA) is 46.9 Å². The average molecular weight is 450 g/mol. The number of thiocarbonyl (C=S) groups is 1. The molecule has 0 spiro atoms. The lowest BCUT2D eigenvalue weighted by Gasteiger charge is -2.11. The summed E-state index contributed by atoms with van der Waals surface area (Å²) in [7, 11) is 3.52. The molecule has 3 aromatic rings. The fraction of sp³-hybridized carbons (Fsp3) is 0.280. The van der Waals surface area contributed by atoms with E-state index >= 15 is 0 Å². The van der Waals surface area contributed by atoms with Crippen molar-refractivity contribution in [1.29, 1.82) is 0 Å². The number of para-hydroxylation sites is 1. The van der Waals surface area contributed by atoms with E-state index in [0.717, 1.165) is 28.0 Å². The summed E-state index contributed by atoms with van der Waals surface area (Å²) in [6.07, 6.45) is 4.11. The maximum absolute atomic E-state index is 12.6. The van der Waals surface area contributed by atoms with E-state index in [2.05, 4.69) is 22.9 Å². The minimum absolute atomic E-state index is 0.0949. The Kier molecular flexibility index (Phi) is 6.19. The normalized spacial score (nSPS) is 15.5. The highest BCUT2D eigenvalue weighted by atomic mass is 32.1. The zero-order valence-electron chi connectivity index (χ0n) is 18.7. The van der Waals surface area contributed by atoms with E-state index in [4.69, 9.17) is 21.7 Å². The van der Waals surface area contributed by atoms with Crippen LogP contribution in [0.2, 0.25) is 0 Å². The van der Waals surface area contributed by atoms with Gasteiger partial charge in [0.1, 0.15) is 23.8 Å². The van der Waals surface area contributed by atoms with Crippen molar-refractivity contribution in [2.75, 3.05) is 20.7 Å². The van der Waals surface area contributed by atoms with Crippen molar-refractivity contribution in [2.24, 2.45) is 0 Å². The largest absolute Gasteiger partial charge is 0.492 e. The van der Waals surface area contributed by atoms with E-state index in [1.165, 1.54) is 4.90 Å². The van der Waals surface area contributed by atoms with E-state index in [1.54, 1.807) is 11.9 Å². The number of carbonyl (C=O) groups excluding carboxylic acids is 1. The molecule has 0 saturated carbocycles. The molecule has 0 bridgehead atoms. The van der Waals surface area contributed by atoms with Crippen molar-refractivity contribution in [3.63, 3.8) is 0 Å². The van der Waals surface area contributed by atoms with Crippen LogP contribution in [0.3, 0.4) is 0 Å². The molecule has 1 amide bonds. The number of benzene rings is 2. The second-order valence-corrected chi connectivity index (χ2v) is 8.38. The molecular weight excluding hydrogens is 422 g/mol. The number of hydrogen-bond acceptors (Lipinski definition) is 4. The van der Waals surface area contributed by atoms with Crippen LogP contribution in [-0.2, 0) is 11.3 Å². The van der Waals surface area contributed by atoms with Crippen LogP contribution in [0.15, 0.2) is 60.4 Å².